The molecule has 2 N–H and O–H groups in total. The maximum Gasteiger partial charge on any atom is 0.328 e. The molecule has 2 aromatic carbocycles. The Bertz CT molecular complexity index is 1140. The van der Waals surface area contributed by atoms with Gasteiger partial charge in [-0.25, -0.2) is 22.3 Å². The van der Waals surface area contributed by atoms with Crippen molar-refractivity contribution in [2.45, 2.75) is 17.7 Å². The highest BCUT2D eigenvalue weighted by atomic mass is 32.2. The lowest BCUT2D eigenvalue weighted by atomic mass is 10.0. The lowest BCUT2D eigenvalue weighted by molar-refractivity contribution is -0.134. The first-order chi connectivity index (χ1) is 14.9. The normalized spacial score (nSPS) is 15.0. The van der Waals surface area contributed by atoms with E-state index in [1.54, 1.807) is 18.2 Å². The largest absolute Gasteiger partial charge is 0.478 e. The summed E-state index contributed by atoms with van der Waals surface area (Å²) in [6, 6.07) is 14.3. The van der Waals surface area contributed by atoms with Gasteiger partial charge in [0.15, 0.2) is 0 Å². The average molecular weight is 461 g/mol. The molecule has 32 heavy (non-hydrogen) atoms. The van der Waals surface area contributed by atoms with E-state index in [9.17, 15) is 22.8 Å². The summed E-state index contributed by atoms with van der Waals surface area (Å²) in [5.74, 6) is -3.06. The number of sulfonamides is 1. The van der Waals surface area contributed by atoms with Crippen LogP contribution in [0.3, 0.4) is 0 Å². The van der Waals surface area contributed by atoms with E-state index in [4.69, 9.17) is 10.2 Å². The number of carbonyl (C=O) groups excluding carboxylic acids is 1. The molecule has 1 aliphatic heterocycles. The zero-order chi connectivity index (χ0) is 24.1. The van der Waals surface area contributed by atoms with E-state index >= 15 is 0 Å². The van der Waals surface area contributed by atoms with Crippen LogP contribution in [0, 0.1) is 0 Å². The second-order valence-electron chi connectivity index (χ2n) is 7.24. The first kappa shape index (κ1) is 24.6. The Kier molecular flexibility index (Phi) is 7.77. The zero-order valence-electron chi connectivity index (χ0n) is 17.8. The molecule has 10 heteroatoms. The molecule has 0 bridgehead atoms. The average Bonchev–Trinajstić information content (AvgIpc) is 2.93. The smallest absolute Gasteiger partial charge is 0.328 e. The van der Waals surface area contributed by atoms with E-state index in [1.807, 2.05) is 50.2 Å². The van der Waals surface area contributed by atoms with Crippen LogP contribution in [0.4, 0.5) is 5.69 Å². The van der Waals surface area contributed by atoms with Crippen molar-refractivity contribution in [1.82, 2.24) is 4.31 Å². The number of hydrogen-bond donors (Lipinski definition) is 2. The van der Waals surface area contributed by atoms with Gasteiger partial charge in [-0.15, -0.1) is 0 Å². The number of carboxylic acids is 2. The van der Waals surface area contributed by atoms with Gasteiger partial charge in [0.2, 0.25) is 0 Å². The van der Waals surface area contributed by atoms with E-state index in [0.717, 1.165) is 15.6 Å². The van der Waals surface area contributed by atoms with Crippen LogP contribution in [0.25, 0.3) is 0 Å². The van der Waals surface area contributed by atoms with Crippen LogP contribution in [0.5, 0.6) is 0 Å². The maximum absolute atomic E-state index is 12.6. The summed E-state index contributed by atoms with van der Waals surface area (Å²) >= 11 is 0. The van der Waals surface area contributed by atoms with Crippen LogP contribution < -0.4 is 4.90 Å². The van der Waals surface area contributed by atoms with Gasteiger partial charge in [0, 0.05) is 38.5 Å². The van der Waals surface area contributed by atoms with Crippen LogP contribution in [0.2, 0.25) is 0 Å². The monoisotopic (exact) mass is 460 g/mol. The number of anilines is 1. The molecular formula is C22H24N2O7S. The molecule has 2 aromatic rings. The van der Waals surface area contributed by atoms with Gasteiger partial charge < -0.3 is 15.1 Å². The molecule has 0 aromatic heterocycles. The molecule has 9 nitrogen and oxygen atoms in total. The van der Waals surface area contributed by atoms with Crippen molar-refractivity contribution in [3.8, 4) is 0 Å². The Labute approximate surface area is 186 Å². The predicted molar refractivity (Wildman–Crippen MR) is 118 cm³/mol. The molecule has 0 spiro atoms. The highest BCUT2D eigenvalue weighted by Crippen LogP contribution is 2.32. The highest BCUT2D eigenvalue weighted by Gasteiger charge is 2.41. The van der Waals surface area contributed by atoms with Crippen LogP contribution in [0.15, 0.2) is 65.6 Å². The van der Waals surface area contributed by atoms with Gasteiger partial charge in [-0.05, 0) is 35.7 Å². The Balaban J connectivity index is 0.000000390. The lowest BCUT2D eigenvalue weighted by Crippen LogP contribution is -2.33. The minimum atomic E-state index is -3.75. The SMILES string of the molecule is CC(CN1C(=O)c2ccccc2S1(=O)=O)c1cccc(N(C)C)c1.O=C(O)C=CC(=O)O. The fourth-order valence-electron chi connectivity index (χ4n) is 3.02. The van der Waals surface area contributed by atoms with E-state index in [0.29, 0.717) is 12.2 Å². The van der Waals surface area contributed by atoms with Crippen molar-refractivity contribution in [1.29, 1.82) is 0 Å². The number of carboxylic acid groups (broad SMARTS) is 2. The third-order valence-electron chi connectivity index (χ3n) is 4.68. The minimum Gasteiger partial charge on any atom is -0.478 e. The van der Waals surface area contributed by atoms with Crippen LogP contribution in [-0.4, -0.2) is 61.4 Å². The van der Waals surface area contributed by atoms with E-state index in [1.165, 1.54) is 6.07 Å². The second-order valence-corrected chi connectivity index (χ2v) is 9.07. The predicted octanol–water partition coefficient (Wildman–Crippen LogP) is 2.41. The number of carbonyl (C=O) groups is 3. The number of benzene rings is 2. The molecule has 1 aliphatic rings. The van der Waals surface area contributed by atoms with E-state index in [2.05, 4.69) is 0 Å². The number of fused-ring (bicyclic) bond motifs is 1. The topological polar surface area (TPSA) is 132 Å². The molecule has 0 aliphatic carbocycles. The van der Waals surface area contributed by atoms with Crippen LogP contribution in [0.1, 0.15) is 28.8 Å². The lowest BCUT2D eigenvalue weighted by Gasteiger charge is -2.21. The molecular weight excluding hydrogens is 436 g/mol. The van der Waals surface area contributed by atoms with Gasteiger partial charge in [0.05, 0.1) is 5.56 Å². The van der Waals surface area contributed by atoms with Crippen molar-refractivity contribution in [2.75, 3.05) is 25.5 Å². The molecule has 1 heterocycles. The van der Waals surface area contributed by atoms with Gasteiger partial charge in [0.25, 0.3) is 15.9 Å². The fraction of sp³-hybridized carbons (Fsp3) is 0.227. The first-order valence-electron chi connectivity index (χ1n) is 9.52. The highest BCUT2D eigenvalue weighted by molar-refractivity contribution is 7.90. The molecule has 1 amide bonds. The quantitative estimate of drug-likeness (QED) is 0.628. The minimum absolute atomic E-state index is 0.0991. The zero-order valence-corrected chi connectivity index (χ0v) is 18.6. The first-order valence-corrected chi connectivity index (χ1v) is 11.0. The van der Waals surface area contributed by atoms with Crippen molar-refractivity contribution in [3.05, 3.63) is 71.8 Å². The summed E-state index contributed by atoms with van der Waals surface area (Å²) in [5.41, 5.74) is 2.30. The number of hydrogen-bond acceptors (Lipinski definition) is 6. The Morgan fingerprint density at radius 2 is 1.62 bits per heavy atom. The summed E-state index contributed by atoms with van der Waals surface area (Å²) in [7, 11) is 0.155. The molecule has 0 saturated heterocycles. The molecule has 0 fully saturated rings. The summed E-state index contributed by atoms with van der Waals surface area (Å²) in [4.78, 5) is 33.7. The van der Waals surface area contributed by atoms with Gasteiger partial charge in [-0.2, -0.15) is 0 Å². The number of nitrogens with zero attached hydrogens (tertiary/aromatic N) is 2. The number of amides is 1. The Morgan fingerprint density at radius 3 is 2.16 bits per heavy atom. The molecule has 1 unspecified atom stereocenters. The molecule has 3 rings (SSSR count). The summed E-state index contributed by atoms with van der Waals surface area (Å²) in [5, 5.41) is 15.6. The van der Waals surface area contributed by atoms with E-state index in [-0.39, 0.29) is 22.9 Å². The summed E-state index contributed by atoms with van der Waals surface area (Å²) in [6.07, 6.45) is 1.12. The molecule has 0 radical (unpaired) electrons. The van der Waals surface area contributed by atoms with E-state index < -0.39 is 27.9 Å². The van der Waals surface area contributed by atoms with Crippen molar-refractivity contribution < 1.29 is 33.0 Å². The van der Waals surface area contributed by atoms with Crippen LogP contribution >= 0.6 is 0 Å². The van der Waals surface area contributed by atoms with Gasteiger partial charge in [0.1, 0.15) is 4.90 Å². The summed E-state index contributed by atoms with van der Waals surface area (Å²) in [6.45, 7) is 2.06. The number of aliphatic carboxylic acids is 2. The third-order valence-corrected chi connectivity index (χ3v) is 6.48. The summed E-state index contributed by atoms with van der Waals surface area (Å²) < 4.78 is 26.3. The fourth-order valence-corrected chi connectivity index (χ4v) is 4.68. The maximum atomic E-state index is 12.6. The Hall–Kier alpha value is -3.66. The van der Waals surface area contributed by atoms with Crippen LogP contribution in [-0.2, 0) is 19.6 Å². The van der Waals surface area contributed by atoms with Gasteiger partial charge in [-0.1, -0.05) is 31.2 Å². The van der Waals surface area contributed by atoms with Crippen molar-refractivity contribution in [3.63, 3.8) is 0 Å². The third kappa shape index (κ3) is 5.73. The van der Waals surface area contributed by atoms with Gasteiger partial charge >= 0.3 is 11.9 Å². The second kappa shape index (κ2) is 10.1. The Morgan fingerprint density at radius 1 is 1.03 bits per heavy atom. The molecule has 1 atom stereocenters. The van der Waals surface area contributed by atoms with Crippen molar-refractivity contribution >= 4 is 33.6 Å². The van der Waals surface area contributed by atoms with Gasteiger partial charge in [-0.3, -0.25) is 4.79 Å². The molecule has 0 saturated carbocycles. The standard InChI is InChI=1S/C18H20N2O3S.C4H4O4/c1-13(14-7-6-8-15(11-14)19(2)3)12-20-18(21)16-9-4-5-10-17(16)24(20,22)23;5-3(6)1-2-4(7)8/h4-11,13H,12H2,1-3H3;1-2H,(H,5,6)(H,7,8). The van der Waals surface area contributed by atoms with Crippen molar-refractivity contribution in [2.24, 2.45) is 0 Å². The number of rotatable bonds is 6. The molecule has 170 valence electrons.